The van der Waals surface area contributed by atoms with E-state index in [0.29, 0.717) is 0 Å². The Morgan fingerprint density at radius 2 is 2.32 bits per heavy atom. The van der Waals surface area contributed by atoms with Gasteiger partial charge in [-0.3, -0.25) is 9.67 Å². The van der Waals surface area contributed by atoms with E-state index in [4.69, 9.17) is 9.84 Å². The molecule has 2 aromatic heterocycles. The number of aromatic nitrogens is 3. The quantitative estimate of drug-likeness (QED) is 0.887. The topological polar surface area (TPSA) is 52.0 Å². The molecule has 1 N–H and O–H groups in total. The molecule has 22 heavy (non-hydrogen) atoms. The Morgan fingerprint density at radius 3 is 3.14 bits per heavy atom. The van der Waals surface area contributed by atoms with E-state index in [1.807, 2.05) is 12.3 Å². The summed E-state index contributed by atoms with van der Waals surface area (Å²) < 4.78 is 8.05. The predicted octanol–water partition coefficient (Wildman–Crippen LogP) is 2.09. The van der Waals surface area contributed by atoms with Crippen molar-refractivity contribution in [1.82, 2.24) is 20.1 Å². The van der Waals surface area contributed by atoms with Crippen molar-refractivity contribution >= 4 is 0 Å². The third kappa shape index (κ3) is 3.20. The second kappa shape index (κ2) is 6.18. The molecule has 5 heteroatoms. The van der Waals surface area contributed by atoms with Crippen LogP contribution in [0.3, 0.4) is 0 Å². The molecule has 1 aliphatic carbocycles. The number of hydrogen-bond donors (Lipinski definition) is 1. The Kier molecular flexibility index (Phi) is 3.91. The van der Waals surface area contributed by atoms with Crippen molar-refractivity contribution in [3.8, 4) is 0 Å². The lowest BCUT2D eigenvalue weighted by Gasteiger charge is -2.22. The van der Waals surface area contributed by atoms with Crippen LogP contribution in [0.25, 0.3) is 0 Å². The molecule has 0 spiro atoms. The van der Waals surface area contributed by atoms with Gasteiger partial charge in [0.15, 0.2) is 0 Å². The van der Waals surface area contributed by atoms with Gasteiger partial charge in [0, 0.05) is 38.2 Å². The molecule has 2 aromatic rings. The average Bonchev–Trinajstić information content (AvgIpc) is 3.25. The fraction of sp³-hybridized carbons (Fsp3) is 0.529. The Bertz CT molecular complexity index is 621. The lowest BCUT2D eigenvalue weighted by Crippen LogP contribution is -2.27. The molecular weight excluding hydrogens is 276 g/mol. The molecule has 1 aliphatic heterocycles. The highest BCUT2D eigenvalue weighted by molar-refractivity contribution is 5.22. The largest absolute Gasteiger partial charge is 0.370 e. The maximum Gasteiger partial charge on any atom is 0.114 e. The Labute approximate surface area is 130 Å². The lowest BCUT2D eigenvalue weighted by atomic mass is 10.1. The van der Waals surface area contributed by atoms with Gasteiger partial charge in [-0.1, -0.05) is 6.07 Å². The zero-order valence-electron chi connectivity index (χ0n) is 12.7. The number of ether oxygens (including phenoxy) is 1. The van der Waals surface area contributed by atoms with E-state index in [-0.39, 0.29) is 6.10 Å². The summed E-state index contributed by atoms with van der Waals surface area (Å²) >= 11 is 0. The normalized spacial score (nSPS) is 20.8. The van der Waals surface area contributed by atoms with Gasteiger partial charge in [-0.25, -0.2) is 0 Å². The molecule has 1 saturated carbocycles. The minimum absolute atomic E-state index is 0.0703. The van der Waals surface area contributed by atoms with E-state index in [1.54, 1.807) is 6.20 Å². The molecule has 0 saturated heterocycles. The van der Waals surface area contributed by atoms with Crippen molar-refractivity contribution in [2.24, 2.45) is 5.92 Å². The summed E-state index contributed by atoms with van der Waals surface area (Å²) in [5.74, 6) is 0.851. The van der Waals surface area contributed by atoms with Crippen LogP contribution in [0.15, 0.2) is 30.7 Å². The Hall–Kier alpha value is -1.72. The number of hydrogen-bond acceptors (Lipinski definition) is 4. The number of nitrogens with zero attached hydrogens (tertiary/aromatic N) is 3. The monoisotopic (exact) mass is 298 g/mol. The molecule has 0 aromatic carbocycles. The highest BCUT2D eigenvalue weighted by Crippen LogP contribution is 2.32. The first kappa shape index (κ1) is 13.9. The number of fused-ring (bicyclic) bond motifs is 1. The summed E-state index contributed by atoms with van der Waals surface area (Å²) in [4.78, 5) is 4.14. The van der Waals surface area contributed by atoms with Crippen LogP contribution < -0.4 is 5.32 Å². The van der Waals surface area contributed by atoms with Gasteiger partial charge >= 0.3 is 0 Å². The number of pyridine rings is 1. The van der Waals surface area contributed by atoms with Crippen LogP contribution in [0.2, 0.25) is 0 Å². The van der Waals surface area contributed by atoms with E-state index in [2.05, 4.69) is 27.2 Å². The van der Waals surface area contributed by atoms with Crippen molar-refractivity contribution in [2.45, 2.75) is 38.5 Å². The van der Waals surface area contributed by atoms with Crippen molar-refractivity contribution < 1.29 is 4.74 Å². The highest BCUT2D eigenvalue weighted by atomic mass is 16.5. The van der Waals surface area contributed by atoms with Crippen molar-refractivity contribution in [1.29, 1.82) is 0 Å². The first-order chi connectivity index (χ1) is 10.9. The molecule has 2 aliphatic rings. The van der Waals surface area contributed by atoms with Crippen LogP contribution in [0.4, 0.5) is 0 Å². The minimum Gasteiger partial charge on any atom is -0.370 e. The fourth-order valence-electron chi connectivity index (χ4n) is 3.00. The maximum atomic E-state index is 5.92. The van der Waals surface area contributed by atoms with Gasteiger partial charge in [0.1, 0.15) is 6.10 Å². The van der Waals surface area contributed by atoms with Gasteiger partial charge in [0.25, 0.3) is 0 Å². The molecule has 0 bridgehead atoms. The summed E-state index contributed by atoms with van der Waals surface area (Å²) in [6, 6.07) is 4.04. The zero-order valence-corrected chi connectivity index (χ0v) is 12.7. The second-order valence-corrected chi connectivity index (χ2v) is 6.31. The second-order valence-electron chi connectivity index (χ2n) is 6.31. The molecular formula is C17H22N4O. The fourth-order valence-corrected chi connectivity index (χ4v) is 3.00. The van der Waals surface area contributed by atoms with Gasteiger partial charge in [0.2, 0.25) is 0 Å². The minimum atomic E-state index is 0.0703. The van der Waals surface area contributed by atoms with Crippen LogP contribution in [0, 0.1) is 5.92 Å². The number of rotatable bonds is 6. The van der Waals surface area contributed by atoms with E-state index < -0.39 is 0 Å². The SMILES string of the molecule is c1cncc(CNC[C@H]2OCCc3cn(CC4CC4)nc32)c1. The van der Waals surface area contributed by atoms with Gasteiger partial charge in [-0.2, -0.15) is 5.10 Å². The third-order valence-corrected chi connectivity index (χ3v) is 4.39. The van der Waals surface area contributed by atoms with Crippen LogP contribution in [0.1, 0.15) is 35.8 Å². The molecule has 3 heterocycles. The molecule has 1 atom stereocenters. The lowest BCUT2D eigenvalue weighted by molar-refractivity contribution is 0.0392. The van der Waals surface area contributed by atoms with Gasteiger partial charge < -0.3 is 10.1 Å². The van der Waals surface area contributed by atoms with Crippen molar-refractivity contribution in [3.63, 3.8) is 0 Å². The standard InChI is InChI=1S/C17H22N4O/c1-2-14(8-18-6-1)9-19-10-16-17-15(5-7-22-16)12-21(20-17)11-13-3-4-13/h1-2,6,8,12-13,16,19H,3-5,7,9-11H2/t16-/m1/s1. The van der Waals surface area contributed by atoms with Crippen LogP contribution >= 0.6 is 0 Å². The summed E-state index contributed by atoms with van der Waals surface area (Å²) in [6.07, 6.45) is 9.69. The van der Waals surface area contributed by atoms with Gasteiger partial charge in [0.05, 0.1) is 12.3 Å². The molecule has 5 nitrogen and oxygen atoms in total. The van der Waals surface area contributed by atoms with Crippen LogP contribution in [-0.4, -0.2) is 27.9 Å². The van der Waals surface area contributed by atoms with Gasteiger partial charge in [-0.05, 0) is 42.4 Å². The van der Waals surface area contributed by atoms with Crippen LogP contribution in [-0.2, 0) is 24.2 Å². The summed E-state index contributed by atoms with van der Waals surface area (Å²) in [6.45, 7) is 3.47. The molecule has 0 unspecified atom stereocenters. The summed E-state index contributed by atoms with van der Waals surface area (Å²) in [5, 5.41) is 8.24. The predicted molar refractivity (Wildman–Crippen MR) is 83.3 cm³/mol. The average molecular weight is 298 g/mol. The first-order valence-corrected chi connectivity index (χ1v) is 8.16. The van der Waals surface area contributed by atoms with Crippen molar-refractivity contribution in [3.05, 3.63) is 47.5 Å². The van der Waals surface area contributed by atoms with Crippen LogP contribution in [0.5, 0.6) is 0 Å². The van der Waals surface area contributed by atoms with E-state index in [0.717, 1.165) is 44.3 Å². The third-order valence-electron chi connectivity index (χ3n) is 4.39. The molecule has 4 rings (SSSR count). The highest BCUT2D eigenvalue weighted by Gasteiger charge is 2.27. The smallest absolute Gasteiger partial charge is 0.114 e. The number of nitrogens with one attached hydrogen (secondary N) is 1. The molecule has 0 amide bonds. The van der Waals surface area contributed by atoms with E-state index >= 15 is 0 Å². The Morgan fingerprint density at radius 1 is 1.36 bits per heavy atom. The molecule has 116 valence electrons. The maximum absolute atomic E-state index is 5.92. The summed E-state index contributed by atoms with van der Waals surface area (Å²) in [7, 11) is 0. The van der Waals surface area contributed by atoms with Gasteiger partial charge in [-0.15, -0.1) is 0 Å². The zero-order chi connectivity index (χ0) is 14.8. The molecule has 0 radical (unpaired) electrons. The molecule has 1 fully saturated rings. The van der Waals surface area contributed by atoms with E-state index in [9.17, 15) is 0 Å². The van der Waals surface area contributed by atoms with E-state index in [1.165, 1.54) is 24.0 Å². The first-order valence-electron chi connectivity index (χ1n) is 8.16. The Balaban J connectivity index is 1.37. The van der Waals surface area contributed by atoms with Crippen molar-refractivity contribution in [2.75, 3.05) is 13.2 Å². The summed E-state index contributed by atoms with van der Waals surface area (Å²) in [5.41, 5.74) is 3.68.